The average molecular weight is 998 g/mol. The molecule has 5 heteroatoms. The molecule has 0 fully saturated rings. The molecule has 2 aromatic heterocycles. The summed E-state index contributed by atoms with van der Waals surface area (Å²) in [4.78, 5) is 10.6. The van der Waals surface area contributed by atoms with E-state index in [0.717, 1.165) is 72.4 Å². The van der Waals surface area contributed by atoms with Crippen LogP contribution in [0.1, 0.15) is 129 Å². The summed E-state index contributed by atoms with van der Waals surface area (Å²) in [6.45, 7) is 26.9. The molecule has 0 saturated carbocycles. The van der Waals surface area contributed by atoms with Crippen molar-refractivity contribution >= 4 is 21.8 Å². The number of phenols is 1. The molecule has 0 atom stereocenters. The summed E-state index contributed by atoms with van der Waals surface area (Å²) in [5.41, 5.74) is 15.1. The minimum absolute atomic E-state index is 0. The number of hydrogen-bond acceptors (Lipinski definition) is 3. The van der Waals surface area contributed by atoms with Crippen molar-refractivity contribution in [2.45, 2.75) is 112 Å². The Morgan fingerprint density at radius 1 is 0.597 bits per heavy atom. The molecule has 0 spiro atoms. The Hall–Kier alpha value is -5.31. The maximum Gasteiger partial charge on any atom is 0.148 e. The quantitative estimate of drug-likeness (QED) is 0.154. The number of pyridine rings is 1. The van der Waals surface area contributed by atoms with Crippen molar-refractivity contribution in [3.63, 3.8) is 0 Å². The summed E-state index contributed by atoms with van der Waals surface area (Å²) < 4.78 is 2.37. The first-order valence-electron chi connectivity index (χ1n) is 22.0. The maximum absolute atomic E-state index is 12.6. The Balaban J connectivity index is 0.00000578. The van der Waals surface area contributed by atoms with Gasteiger partial charge in [-0.1, -0.05) is 173 Å². The van der Waals surface area contributed by atoms with Gasteiger partial charge in [0.1, 0.15) is 11.6 Å². The van der Waals surface area contributed by atoms with E-state index < -0.39 is 0 Å². The van der Waals surface area contributed by atoms with E-state index in [4.69, 9.17) is 9.97 Å². The fourth-order valence-electron chi connectivity index (χ4n) is 8.59. The molecule has 2 heterocycles. The van der Waals surface area contributed by atoms with Crippen LogP contribution >= 0.6 is 0 Å². The van der Waals surface area contributed by atoms with E-state index in [0.29, 0.717) is 0 Å². The molecule has 0 saturated heterocycles. The molecule has 62 heavy (non-hydrogen) atoms. The van der Waals surface area contributed by atoms with Gasteiger partial charge in [-0.25, -0.2) is 4.98 Å². The van der Waals surface area contributed by atoms with Crippen molar-refractivity contribution in [1.82, 2.24) is 14.5 Å². The van der Waals surface area contributed by atoms with Crippen LogP contribution in [0.3, 0.4) is 0 Å². The number of imidazole rings is 1. The molecular weight excluding hydrogens is 938 g/mol. The summed E-state index contributed by atoms with van der Waals surface area (Å²) in [6, 6.07) is 45.2. The van der Waals surface area contributed by atoms with E-state index in [2.05, 4.69) is 209 Å². The van der Waals surface area contributed by atoms with Crippen LogP contribution in [0.4, 0.5) is 0 Å². The van der Waals surface area contributed by atoms with Gasteiger partial charge in [0.2, 0.25) is 0 Å². The van der Waals surface area contributed by atoms with Gasteiger partial charge in [-0.15, -0.1) is 29.3 Å². The Kier molecular flexibility index (Phi) is 12.3. The summed E-state index contributed by atoms with van der Waals surface area (Å²) in [5.74, 6) is 1.66. The van der Waals surface area contributed by atoms with Gasteiger partial charge in [-0.2, -0.15) is 0 Å². The minimum atomic E-state index is -0.314. The Morgan fingerprint density at radius 2 is 1.23 bits per heavy atom. The fourth-order valence-corrected chi connectivity index (χ4v) is 8.59. The van der Waals surface area contributed by atoms with Crippen molar-refractivity contribution in [2.24, 2.45) is 0 Å². The van der Waals surface area contributed by atoms with Gasteiger partial charge in [0.05, 0.1) is 22.3 Å². The van der Waals surface area contributed by atoms with Crippen molar-refractivity contribution < 1.29 is 26.2 Å². The van der Waals surface area contributed by atoms with Crippen molar-refractivity contribution in [2.75, 3.05) is 0 Å². The zero-order valence-corrected chi connectivity index (χ0v) is 40.7. The Morgan fingerprint density at radius 3 is 1.84 bits per heavy atom. The molecule has 0 unspecified atom stereocenters. The first-order valence-corrected chi connectivity index (χ1v) is 22.0. The number of phenolic OH excluding ortho intramolecular Hbond substituents is 1. The third-order valence-electron chi connectivity index (χ3n) is 12.2. The number of para-hydroxylation sites is 1. The van der Waals surface area contributed by atoms with Crippen molar-refractivity contribution in [1.29, 1.82) is 0 Å². The molecule has 0 aliphatic rings. The van der Waals surface area contributed by atoms with Crippen LogP contribution in [-0.2, 0) is 31.9 Å². The van der Waals surface area contributed by atoms with Gasteiger partial charge in [-0.3, -0.25) is 9.55 Å². The molecule has 6 aromatic carbocycles. The van der Waals surface area contributed by atoms with E-state index in [1.165, 1.54) is 27.8 Å². The van der Waals surface area contributed by atoms with E-state index in [1.807, 2.05) is 6.20 Å². The SMILES string of the molecule is CC(C)c1cc(-c2cc3ccccc3cn2)[c-]c(-c2cccc3c2nc(-c2cc(C(C)(C)C)cc(C(C)(C)C)c2O)n3-c2c(C(C)C)cc(-c3ccccc3)cc2C(C)C)c1.[Pt]. The van der Waals surface area contributed by atoms with Gasteiger partial charge in [0, 0.05) is 38.5 Å². The van der Waals surface area contributed by atoms with E-state index in [-0.39, 0.29) is 55.4 Å². The molecule has 1 N–H and O–H groups in total. The van der Waals surface area contributed by atoms with Gasteiger partial charge in [-0.05, 0) is 91.4 Å². The zero-order chi connectivity index (χ0) is 43.5. The third-order valence-corrected chi connectivity index (χ3v) is 12.2. The van der Waals surface area contributed by atoms with Crippen LogP contribution in [0, 0.1) is 6.07 Å². The largest absolute Gasteiger partial charge is 0.507 e. The van der Waals surface area contributed by atoms with Crippen molar-refractivity contribution in [3.05, 3.63) is 155 Å². The predicted octanol–water partition coefficient (Wildman–Crippen LogP) is 15.7. The molecule has 8 aromatic rings. The Labute approximate surface area is 383 Å². The van der Waals surface area contributed by atoms with Crippen LogP contribution in [0.15, 0.2) is 121 Å². The first-order chi connectivity index (χ1) is 28.9. The number of fused-ring (bicyclic) bond motifs is 2. The molecule has 0 bridgehead atoms. The van der Waals surface area contributed by atoms with E-state index in [9.17, 15) is 5.11 Å². The summed E-state index contributed by atoms with van der Waals surface area (Å²) in [5, 5.41) is 14.8. The topological polar surface area (TPSA) is 50.9 Å². The van der Waals surface area contributed by atoms with Crippen LogP contribution in [0.2, 0.25) is 0 Å². The monoisotopic (exact) mass is 997 g/mol. The molecule has 0 aliphatic carbocycles. The van der Waals surface area contributed by atoms with Crippen LogP contribution < -0.4 is 0 Å². The smallest absolute Gasteiger partial charge is 0.148 e. The number of aromatic nitrogens is 3. The molecule has 8 rings (SSSR count). The summed E-state index contributed by atoms with van der Waals surface area (Å²) >= 11 is 0. The second-order valence-electron chi connectivity index (χ2n) is 19.9. The molecule has 0 amide bonds. The van der Waals surface area contributed by atoms with Crippen molar-refractivity contribution in [3.8, 4) is 56.3 Å². The van der Waals surface area contributed by atoms with Crippen LogP contribution in [0.25, 0.3) is 72.4 Å². The van der Waals surface area contributed by atoms with Crippen LogP contribution in [0.5, 0.6) is 5.75 Å². The predicted molar refractivity (Wildman–Crippen MR) is 258 cm³/mol. The maximum atomic E-state index is 12.6. The zero-order valence-electron chi connectivity index (χ0n) is 38.4. The second-order valence-corrected chi connectivity index (χ2v) is 19.9. The van der Waals surface area contributed by atoms with Gasteiger partial charge in [0.15, 0.2) is 0 Å². The standard InChI is InChI=1S/C57H60N3O.Pt/c1-34(2)40-25-42(27-43(26-40)50-30-38-21-16-17-22-39(38)33-58-50)45-23-18-24-51-52(45)59-55(48-31-44(56(7,8)9)32-49(54(48)61)57(10,11)12)60(51)53-46(35(3)4)28-41(29-47(53)36(5)6)37-19-14-13-15-20-37;/h13-26,28-36,61H,1-12H3;/q-1;. The summed E-state index contributed by atoms with van der Waals surface area (Å²) in [6.07, 6.45) is 1.96. The normalized spacial score (nSPS) is 12.2. The fraction of sp³-hybridized carbons (Fsp3) is 0.298. The van der Waals surface area contributed by atoms with E-state index in [1.54, 1.807) is 0 Å². The molecule has 320 valence electrons. The average Bonchev–Trinajstić information content (AvgIpc) is 3.61. The molecule has 0 aliphatic heterocycles. The second kappa shape index (κ2) is 17.1. The number of aromatic hydroxyl groups is 1. The Bertz CT molecular complexity index is 2890. The minimum Gasteiger partial charge on any atom is -0.507 e. The van der Waals surface area contributed by atoms with Crippen LogP contribution in [-0.4, -0.2) is 19.6 Å². The van der Waals surface area contributed by atoms with Gasteiger partial charge >= 0.3 is 0 Å². The number of hydrogen-bond donors (Lipinski definition) is 1. The number of rotatable bonds is 8. The third kappa shape index (κ3) is 8.44. The number of benzene rings is 6. The molecule has 4 nitrogen and oxygen atoms in total. The number of nitrogens with zero attached hydrogens (tertiary/aromatic N) is 3. The first kappa shape index (κ1) is 44.7. The van der Waals surface area contributed by atoms with Gasteiger partial charge < -0.3 is 5.11 Å². The summed E-state index contributed by atoms with van der Waals surface area (Å²) in [7, 11) is 0. The molecular formula is C57H60N3OPt-. The van der Waals surface area contributed by atoms with Gasteiger partial charge in [0.25, 0.3) is 0 Å². The molecule has 0 radical (unpaired) electrons. The van der Waals surface area contributed by atoms with E-state index >= 15 is 0 Å².